The zero-order valence-corrected chi connectivity index (χ0v) is 20.6. The van der Waals surface area contributed by atoms with Gasteiger partial charge in [0.05, 0.1) is 22.9 Å². The van der Waals surface area contributed by atoms with E-state index in [1.807, 2.05) is 0 Å². The normalized spacial score (nSPS) is 11.5. The molecule has 1 aromatic heterocycles. The van der Waals surface area contributed by atoms with Gasteiger partial charge in [-0.3, -0.25) is 9.59 Å². The predicted molar refractivity (Wildman–Crippen MR) is 134 cm³/mol. The quantitative estimate of drug-likeness (QED) is 0.224. The van der Waals surface area contributed by atoms with Crippen molar-refractivity contribution in [1.29, 1.82) is 0 Å². The maximum Gasteiger partial charge on any atom is 0.328 e. The number of carbonyl (C=O) groups excluding carboxylic acids is 3. The molecule has 176 valence electrons. The number of Topliss-reactive ketones (excluding diaryl/α,β-unsaturated/α-hetero) is 1. The van der Waals surface area contributed by atoms with Crippen molar-refractivity contribution in [2.24, 2.45) is 0 Å². The number of pyridine rings is 1. The first-order chi connectivity index (χ1) is 16.4. The molecule has 9 heteroatoms. The molecule has 1 heterocycles. The third-order valence-corrected chi connectivity index (χ3v) is 6.19. The minimum atomic E-state index is -0.861. The number of aromatic nitrogens is 1. The molecule has 0 bridgehead atoms. The number of ether oxygens (including phenoxy) is 1. The highest BCUT2D eigenvalue weighted by Gasteiger charge is 2.23. The van der Waals surface area contributed by atoms with E-state index in [0.717, 1.165) is 5.56 Å². The summed E-state index contributed by atoms with van der Waals surface area (Å²) in [5, 5.41) is 4.47. The zero-order valence-electron chi connectivity index (χ0n) is 18.3. The Morgan fingerprint density at radius 2 is 1.56 bits per heavy atom. The van der Waals surface area contributed by atoms with Crippen LogP contribution in [-0.4, -0.2) is 41.0 Å². The van der Waals surface area contributed by atoms with Crippen LogP contribution in [0, 0.1) is 0 Å². The van der Waals surface area contributed by atoms with Gasteiger partial charge in [-0.25, -0.2) is 9.78 Å². The first-order valence-electron chi connectivity index (χ1n) is 10.4. The zero-order chi connectivity index (χ0) is 24.5. The molecule has 6 nitrogen and oxygen atoms in total. The van der Waals surface area contributed by atoms with Crippen molar-refractivity contribution in [3.8, 4) is 0 Å². The molecule has 1 atom stereocenters. The van der Waals surface area contributed by atoms with Crippen molar-refractivity contribution in [2.45, 2.75) is 24.4 Å². The molecule has 0 saturated carbocycles. The Morgan fingerprint density at radius 1 is 0.941 bits per heavy atom. The molecule has 3 aromatic rings. The van der Waals surface area contributed by atoms with Crippen LogP contribution in [0.4, 0.5) is 0 Å². The van der Waals surface area contributed by atoms with Crippen LogP contribution in [0.5, 0.6) is 0 Å². The number of benzene rings is 2. The highest BCUT2D eigenvalue weighted by molar-refractivity contribution is 7.99. The first kappa shape index (κ1) is 25.7. The van der Waals surface area contributed by atoms with Crippen molar-refractivity contribution in [3.63, 3.8) is 0 Å². The van der Waals surface area contributed by atoms with Crippen molar-refractivity contribution in [3.05, 3.63) is 93.6 Å². The van der Waals surface area contributed by atoms with Gasteiger partial charge in [-0.1, -0.05) is 47.1 Å². The Balaban J connectivity index is 1.60. The summed E-state index contributed by atoms with van der Waals surface area (Å²) in [5.41, 5.74) is 1.69. The summed E-state index contributed by atoms with van der Waals surface area (Å²) < 4.78 is 5.12. The largest absolute Gasteiger partial charge is 0.464 e. The van der Waals surface area contributed by atoms with Crippen LogP contribution in [0.3, 0.4) is 0 Å². The Morgan fingerprint density at radius 3 is 2.15 bits per heavy atom. The number of esters is 1. The van der Waals surface area contributed by atoms with E-state index in [4.69, 9.17) is 27.9 Å². The highest BCUT2D eigenvalue weighted by atomic mass is 35.5. The number of rotatable bonds is 10. The van der Waals surface area contributed by atoms with Gasteiger partial charge in [-0.05, 0) is 61.0 Å². The fourth-order valence-corrected chi connectivity index (χ4v) is 3.98. The summed E-state index contributed by atoms with van der Waals surface area (Å²) in [6, 6.07) is 16.1. The summed E-state index contributed by atoms with van der Waals surface area (Å²) in [5.74, 6) is -0.823. The van der Waals surface area contributed by atoms with Gasteiger partial charge in [-0.2, -0.15) is 0 Å². The molecule has 34 heavy (non-hydrogen) atoms. The van der Waals surface area contributed by atoms with E-state index in [-0.39, 0.29) is 24.6 Å². The van der Waals surface area contributed by atoms with Crippen LogP contribution in [0.15, 0.2) is 71.9 Å². The van der Waals surface area contributed by atoms with Crippen LogP contribution >= 0.6 is 35.0 Å². The average Bonchev–Trinajstić information content (AvgIpc) is 2.84. The lowest BCUT2D eigenvalue weighted by molar-refractivity contribution is -0.145. The molecule has 0 saturated heterocycles. The number of hydrogen-bond donors (Lipinski definition) is 1. The molecule has 0 radical (unpaired) electrons. The molecule has 0 spiro atoms. The van der Waals surface area contributed by atoms with Gasteiger partial charge in [0.25, 0.3) is 5.91 Å². The molecular formula is C25H22Cl2N2O4S. The molecular weight excluding hydrogens is 495 g/mol. The average molecular weight is 517 g/mol. The second-order valence-corrected chi connectivity index (χ2v) is 9.08. The molecule has 1 N–H and O–H groups in total. The third-order valence-electron chi connectivity index (χ3n) is 4.75. The Labute approximate surface area is 212 Å². The number of hydrogen-bond acceptors (Lipinski definition) is 6. The smallest absolute Gasteiger partial charge is 0.328 e. The van der Waals surface area contributed by atoms with Crippen molar-refractivity contribution in [1.82, 2.24) is 10.3 Å². The second-order valence-electron chi connectivity index (χ2n) is 7.21. The van der Waals surface area contributed by atoms with Gasteiger partial charge in [0.1, 0.15) is 6.04 Å². The van der Waals surface area contributed by atoms with Gasteiger partial charge in [0.2, 0.25) is 0 Å². The number of halogens is 2. The summed E-state index contributed by atoms with van der Waals surface area (Å²) in [7, 11) is 0. The summed E-state index contributed by atoms with van der Waals surface area (Å²) in [6.45, 7) is 1.91. The Kier molecular flexibility index (Phi) is 9.51. The highest BCUT2D eigenvalue weighted by Crippen LogP contribution is 2.19. The Hall–Kier alpha value is -2.87. The van der Waals surface area contributed by atoms with Gasteiger partial charge in [0, 0.05) is 28.2 Å². The third kappa shape index (κ3) is 7.58. The van der Waals surface area contributed by atoms with Gasteiger partial charge in [-0.15, -0.1) is 0 Å². The number of amides is 1. The summed E-state index contributed by atoms with van der Waals surface area (Å²) in [6.07, 6.45) is 1.67. The van der Waals surface area contributed by atoms with E-state index in [9.17, 15) is 14.4 Å². The number of carbonyl (C=O) groups is 3. The van der Waals surface area contributed by atoms with Gasteiger partial charge >= 0.3 is 5.97 Å². The summed E-state index contributed by atoms with van der Waals surface area (Å²) in [4.78, 5) is 41.7. The van der Waals surface area contributed by atoms with E-state index in [2.05, 4.69) is 10.3 Å². The minimum absolute atomic E-state index is 0.0511. The van der Waals surface area contributed by atoms with Crippen LogP contribution < -0.4 is 5.32 Å². The SMILES string of the molecule is CCOC(=O)C(Cc1ccc(Cl)cc1)NC(=O)c1ccc(SCC(=O)c2ccc(Cl)cc2)nc1. The van der Waals surface area contributed by atoms with E-state index in [1.54, 1.807) is 67.6 Å². The van der Waals surface area contributed by atoms with E-state index in [0.29, 0.717) is 26.2 Å². The summed E-state index contributed by atoms with van der Waals surface area (Å²) >= 11 is 13.0. The van der Waals surface area contributed by atoms with Gasteiger partial charge < -0.3 is 10.1 Å². The van der Waals surface area contributed by atoms with E-state index < -0.39 is 17.9 Å². The molecule has 1 unspecified atom stereocenters. The van der Waals surface area contributed by atoms with Crippen LogP contribution in [0.2, 0.25) is 10.0 Å². The topological polar surface area (TPSA) is 85.4 Å². The van der Waals surface area contributed by atoms with E-state index >= 15 is 0 Å². The van der Waals surface area contributed by atoms with Crippen LogP contribution in [0.1, 0.15) is 33.2 Å². The van der Waals surface area contributed by atoms with Crippen LogP contribution in [0.25, 0.3) is 0 Å². The molecule has 1 amide bonds. The first-order valence-corrected chi connectivity index (χ1v) is 12.2. The van der Waals surface area contributed by atoms with Crippen molar-refractivity contribution in [2.75, 3.05) is 12.4 Å². The number of nitrogens with zero attached hydrogens (tertiary/aromatic N) is 1. The molecule has 0 aliphatic rings. The van der Waals surface area contributed by atoms with Crippen molar-refractivity contribution < 1.29 is 19.1 Å². The maximum absolute atomic E-state index is 12.7. The van der Waals surface area contributed by atoms with Crippen LogP contribution in [-0.2, 0) is 16.0 Å². The molecule has 0 aliphatic heterocycles. The lowest BCUT2D eigenvalue weighted by Gasteiger charge is -2.17. The maximum atomic E-state index is 12.7. The fraction of sp³-hybridized carbons (Fsp3) is 0.200. The molecule has 0 fully saturated rings. The standard InChI is InChI=1S/C25H22Cl2N2O4S/c1-2-33-25(32)21(13-16-3-8-19(26)9-4-16)29-24(31)18-7-12-23(28-14-18)34-15-22(30)17-5-10-20(27)11-6-17/h3-12,14,21H,2,13,15H2,1H3,(H,29,31). The number of nitrogens with one attached hydrogen (secondary N) is 1. The van der Waals surface area contributed by atoms with Crippen molar-refractivity contribution >= 4 is 52.6 Å². The molecule has 0 aliphatic carbocycles. The monoisotopic (exact) mass is 516 g/mol. The lowest BCUT2D eigenvalue weighted by Crippen LogP contribution is -2.43. The second kappa shape index (κ2) is 12.6. The predicted octanol–water partition coefficient (Wildman–Crippen LogP) is 5.27. The lowest BCUT2D eigenvalue weighted by atomic mass is 10.1. The van der Waals surface area contributed by atoms with Gasteiger partial charge in [0.15, 0.2) is 5.78 Å². The van der Waals surface area contributed by atoms with E-state index in [1.165, 1.54) is 18.0 Å². The Bertz CT molecular complexity index is 1140. The minimum Gasteiger partial charge on any atom is -0.464 e. The molecule has 2 aromatic carbocycles. The molecule has 3 rings (SSSR count). The number of thioether (sulfide) groups is 1. The fourth-order valence-electron chi connectivity index (χ4n) is 2.99. The number of ketones is 1.